The summed E-state index contributed by atoms with van der Waals surface area (Å²) in [6, 6.07) is 16.9. The number of rotatable bonds is 2. The molecule has 0 saturated carbocycles. The van der Waals surface area contributed by atoms with Crippen LogP contribution in [0.2, 0.25) is 0 Å². The van der Waals surface area contributed by atoms with Crippen molar-refractivity contribution >= 4 is 13.3 Å². The third-order valence-electron chi connectivity index (χ3n) is 3.19. The molecule has 0 unspecified atom stereocenters. The Bertz CT molecular complexity index is 513. The van der Waals surface area contributed by atoms with E-state index in [0.29, 0.717) is 13.2 Å². The molecule has 0 aromatic heterocycles. The van der Waals surface area contributed by atoms with Gasteiger partial charge in [0.2, 0.25) is 0 Å². The minimum absolute atomic E-state index is 0.183. The fourth-order valence-corrected chi connectivity index (χ4v) is 2.13. The molecule has 2 aromatic rings. The van der Waals surface area contributed by atoms with Crippen molar-refractivity contribution in [3.63, 3.8) is 0 Å². The van der Waals surface area contributed by atoms with Crippen molar-refractivity contribution in [1.29, 1.82) is 0 Å². The average Bonchev–Trinajstić information content (AvgIpc) is 2.94. The molecule has 1 fully saturated rings. The SMILES string of the molecule is Bc1ccc(-c2ccc(C3OCCO3)cc2)cc1. The van der Waals surface area contributed by atoms with E-state index in [1.807, 2.05) is 0 Å². The lowest BCUT2D eigenvalue weighted by Gasteiger charge is -2.10. The summed E-state index contributed by atoms with van der Waals surface area (Å²) in [6.45, 7) is 1.37. The topological polar surface area (TPSA) is 18.5 Å². The van der Waals surface area contributed by atoms with Crippen molar-refractivity contribution in [2.45, 2.75) is 6.29 Å². The van der Waals surface area contributed by atoms with Gasteiger partial charge in [0, 0.05) is 5.56 Å². The third-order valence-corrected chi connectivity index (χ3v) is 3.19. The van der Waals surface area contributed by atoms with E-state index in [1.54, 1.807) is 0 Å². The zero-order chi connectivity index (χ0) is 12.4. The summed E-state index contributed by atoms with van der Waals surface area (Å²) in [6.07, 6.45) is -0.183. The first kappa shape index (κ1) is 11.5. The van der Waals surface area contributed by atoms with Gasteiger partial charge in [-0.2, -0.15) is 0 Å². The highest BCUT2D eigenvalue weighted by Gasteiger charge is 2.17. The van der Waals surface area contributed by atoms with Gasteiger partial charge in [0.25, 0.3) is 0 Å². The maximum atomic E-state index is 5.48. The molecule has 2 aromatic carbocycles. The van der Waals surface area contributed by atoms with E-state index in [1.165, 1.54) is 16.6 Å². The molecule has 0 bridgehead atoms. The van der Waals surface area contributed by atoms with Gasteiger partial charge in [-0.25, -0.2) is 0 Å². The molecule has 1 aliphatic heterocycles. The van der Waals surface area contributed by atoms with Gasteiger partial charge in [-0.1, -0.05) is 54.0 Å². The fourth-order valence-electron chi connectivity index (χ4n) is 2.13. The van der Waals surface area contributed by atoms with E-state index in [4.69, 9.17) is 9.47 Å². The Kier molecular flexibility index (Phi) is 3.18. The Morgan fingerprint density at radius 1 is 0.778 bits per heavy atom. The Labute approximate surface area is 108 Å². The molecule has 2 nitrogen and oxygen atoms in total. The minimum atomic E-state index is -0.183. The predicted octanol–water partition coefficient (Wildman–Crippen LogP) is 1.66. The van der Waals surface area contributed by atoms with Crippen LogP contribution in [0.5, 0.6) is 0 Å². The van der Waals surface area contributed by atoms with Crippen LogP contribution in [0.3, 0.4) is 0 Å². The molecule has 0 spiro atoms. The zero-order valence-electron chi connectivity index (χ0n) is 10.4. The Hall–Kier alpha value is -1.58. The lowest BCUT2D eigenvalue weighted by Crippen LogP contribution is -1.99. The van der Waals surface area contributed by atoms with Gasteiger partial charge >= 0.3 is 0 Å². The molecule has 0 aliphatic carbocycles. The Morgan fingerprint density at radius 2 is 1.28 bits per heavy atom. The zero-order valence-corrected chi connectivity index (χ0v) is 10.4. The van der Waals surface area contributed by atoms with Crippen molar-refractivity contribution in [3.05, 3.63) is 54.1 Å². The van der Waals surface area contributed by atoms with Crippen LogP contribution in [0, 0.1) is 0 Å². The largest absolute Gasteiger partial charge is 0.346 e. The van der Waals surface area contributed by atoms with Crippen LogP contribution in [-0.4, -0.2) is 21.1 Å². The number of benzene rings is 2. The van der Waals surface area contributed by atoms with E-state index in [9.17, 15) is 0 Å². The molecule has 3 heteroatoms. The summed E-state index contributed by atoms with van der Waals surface area (Å²) in [4.78, 5) is 0. The van der Waals surface area contributed by atoms with Crippen LogP contribution in [0.4, 0.5) is 0 Å². The summed E-state index contributed by atoms with van der Waals surface area (Å²) in [5.41, 5.74) is 4.82. The van der Waals surface area contributed by atoms with Crippen LogP contribution >= 0.6 is 0 Å². The molecule has 0 amide bonds. The number of ether oxygens (including phenoxy) is 2. The first-order chi connectivity index (χ1) is 8.83. The van der Waals surface area contributed by atoms with Crippen molar-refractivity contribution in [1.82, 2.24) is 0 Å². The van der Waals surface area contributed by atoms with E-state index >= 15 is 0 Å². The highest BCUT2D eigenvalue weighted by molar-refractivity contribution is 6.32. The van der Waals surface area contributed by atoms with Crippen molar-refractivity contribution < 1.29 is 9.47 Å². The van der Waals surface area contributed by atoms with Gasteiger partial charge < -0.3 is 9.47 Å². The first-order valence-corrected chi connectivity index (χ1v) is 6.23. The maximum Gasteiger partial charge on any atom is 0.184 e. The predicted molar refractivity (Wildman–Crippen MR) is 74.7 cm³/mol. The van der Waals surface area contributed by atoms with Crippen LogP contribution < -0.4 is 5.46 Å². The van der Waals surface area contributed by atoms with E-state index in [-0.39, 0.29) is 6.29 Å². The first-order valence-electron chi connectivity index (χ1n) is 6.23. The van der Waals surface area contributed by atoms with Gasteiger partial charge in [-0.3, -0.25) is 0 Å². The van der Waals surface area contributed by atoms with Gasteiger partial charge in [0.05, 0.1) is 13.2 Å². The van der Waals surface area contributed by atoms with Crippen molar-refractivity contribution in [2.75, 3.05) is 13.2 Å². The summed E-state index contributed by atoms with van der Waals surface area (Å²) in [7, 11) is 2.10. The van der Waals surface area contributed by atoms with Gasteiger partial charge in [0.15, 0.2) is 6.29 Å². The summed E-state index contributed by atoms with van der Waals surface area (Å²) < 4.78 is 11.0. The third kappa shape index (κ3) is 2.33. The Morgan fingerprint density at radius 3 is 1.83 bits per heavy atom. The minimum Gasteiger partial charge on any atom is -0.346 e. The molecule has 1 heterocycles. The highest BCUT2D eigenvalue weighted by Crippen LogP contribution is 2.26. The fraction of sp³-hybridized carbons (Fsp3) is 0.200. The van der Waals surface area contributed by atoms with Crippen LogP contribution in [0.1, 0.15) is 11.9 Å². The molecule has 0 atom stereocenters. The van der Waals surface area contributed by atoms with Crippen LogP contribution in [0.25, 0.3) is 11.1 Å². The number of hydrogen-bond donors (Lipinski definition) is 0. The molecular formula is C15H15BO2. The van der Waals surface area contributed by atoms with E-state index < -0.39 is 0 Å². The van der Waals surface area contributed by atoms with Crippen molar-refractivity contribution in [2.24, 2.45) is 0 Å². The molecule has 0 N–H and O–H groups in total. The second-order valence-corrected chi connectivity index (χ2v) is 4.56. The lowest BCUT2D eigenvalue weighted by atomic mass is 9.93. The standard InChI is InChI=1S/C15H15BO2/c16-14-7-5-12(6-8-14)11-1-3-13(4-2-11)15-17-9-10-18-15/h1-8,15H,9-10,16H2. The maximum absolute atomic E-state index is 5.48. The van der Waals surface area contributed by atoms with Gasteiger partial charge in [0.1, 0.15) is 7.85 Å². The molecule has 0 radical (unpaired) electrons. The van der Waals surface area contributed by atoms with E-state index in [0.717, 1.165) is 5.56 Å². The summed E-state index contributed by atoms with van der Waals surface area (Å²) >= 11 is 0. The summed E-state index contributed by atoms with van der Waals surface area (Å²) in [5, 5.41) is 0. The molecular weight excluding hydrogens is 223 g/mol. The smallest absolute Gasteiger partial charge is 0.184 e. The van der Waals surface area contributed by atoms with E-state index in [2.05, 4.69) is 56.4 Å². The summed E-state index contributed by atoms with van der Waals surface area (Å²) in [5.74, 6) is 0. The van der Waals surface area contributed by atoms with Crippen molar-refractivity contribution in [3.8, 4) is 11.1 Å². The second-order valence-electron chi connectivity index (χ2n) is 4.56. The van der Waals surface area contributed by atoms with Gasteiger partial charge in [-0.15, -0.1) is 0 Å². The second kappa shape index (κ2) is 4.97. The lowest BCUT2D eigenvalue weighted by molar-refractivity contribution is -0.0441. The molecule has 90 valence electrons. The molecule has 3 rings (SSSR count). The Balaban J connectivity index is 1.84. The van der Waals surface area contributed by atoms with Crippen LogP contribution in [-0.2, 0) is 9.47 Å². The monoisotopic (exact) mass is 238 g/mol. The molecule has 1 saturated heterocycles. The normalized spacial score (nSPS) is 16.0. The average molecular weight is 238 g/mol. The quantitative estimate of drug-likeness (QED) is 0.741. The van der Waals surface area contributed by atoms with Gasteiger partial charge in [-0.05, 0) is 11.1 Å². The highest BCUT2D eigenvalue weighted by atomic mass is 16.7. The van der Waals surface area contributed by atoms with Crippen LogP contribution in [0.15, 0.2) is 48.5 Å². The number of hydrogen-bond acceptors (Lipinski definition) is 2. The molecule has 1 aliphatic rings. The molecule has 18 heavy (non-hydrogen) atoms.